The average Bonchev–Trinajstić information content (AvgIpc) is 2.19. The van der Waals surface area contributed by atoms with Crippen molar-refractivity contribution in [3.8, 4) is 0 Å². The van der Waals surface area contributed by atoms with Crippen molar-refractivity contribution in [3.05, 3.63) is 35.9 Å². The van der Waals surface area contributed by atoms with Crippen molar-refractivity contribution >= 4 is 6.03 Å². The molecule has 0 bridgehead atoms. The van der Waals surface area contributed by atoms with Gasteiger partial charge in [0, 0.05) is 6.54 Å². The first-order chi connectivity index (χ1) is 6.29. The van der Waals surface area contributed by atoms with Gasteiger partial charge in [-0.15, -0.1) is 0 Å². The zero-order valence-electron chi connectivity index (χ0n) is 8.08. The van der Waals surface area contributed by atoms with E-state index in [9.17, 15) is 4.79 Å². The fraction of sp³-hybridized carbons (Fsp3) is 0.300. The van der Waals surface area contributed by atoms with E-state index < -0.39 is 6.03 Å². The molecule has 0 aliphatic rings. The molecule has 0 unspecified atom stereocenters. The Kier molecular flexibility index (Phi) is 6.32. The smallest absolute Gasteiger partial charge is 0.312 e. The van der Waals surface area contributed by atoms with E-state index in [0.29, 0.717) is 6.54 Å². The predicted octanol–water partition coefficient (Wildman–Crippen LogP) is 1.88. The first-order valence-electron chi connectivity index (χ1n) is 4.36. The fourth-order valence-corrected chi connectivity index (χ4v) is 0.785. The summed E-state index contributed by atoms with van der Waals surface area (Å²) in [7, 11) is 0. The van der Waals surface area contributed by atoms with Gasteiger partial charge in [-0.2, -0.15) is 0 Å². The minimum Gasteiger partial charge on any atom is -0.352 e. The quantitative estimate of drug-likeness (QED) is 0.717. The van der Waals surface area contributed by atoms with Crippen LogP contribution in [0, 0.1) is 0 Å². The van der Waals surface area contributed by atoms with E-state index in [2.05, 4.69) is 5.32 Å². The molecule has 0 aliphatic carbocycles. The first-order valence-corrected chi connectivity index (χ1v) is 4.36. The second-order valence-corrected chi connectivity index (χ2v) is 2.20. The van der Waals surface area contributed by atoms with Gasteiger partial charge in [0.25, 0.3) is 0 Å². The van der Waals surface area contributed by atoms with Gasteiger partial charge in [-0.1, -0.05) is 44.2 Å². The summed E-state index contributed by atoms with van der Waals surface area (Å²) in [5, 5.41) is 2.50. The summed E-state index contributed by atoms with van der Waals surface area (Å²) in [6.45, 7) is 4.50. The maximum atomic E-state index is 10.3. The Labute approximate surface area is 78.9 Å². The molecular weight excluding hydrogens is 164 g/mol. The molecule has 0 fully saturated rings. The highest BCUT2D eigenvalue weighted by molar-refractivity contribution is 5.71. The van der Waals surface area contributed by atoms with Gasteiger partial charge in [0.1, 0.15) is 0 Å². The Morgan fingerprint density at radius 3 is 2.31 bits per heavy atom. The molecule has 0 atom stereocenters. The monoisotopic (exact) mass is 180 g/mol. The van der Waals surface area contributed by atoms with Crippen LogP contribution < -0.4 is 11.1 Å². The van der Waals surface area contributed by atoms with Crippen LogP contribution in [0.1, 0.15) is 19.4 Å². The van der Waals surface area contributed by atoms with Crippen LogP contribution in [0.15, 0.2) is 30.3 Å². The van der Waals surface area contributed by atoms with Crippen LogP contribution in [0.4, 0.5) is 4.79 Å². The number of benzene rings is 1. The second kappa shape index (κ2) is 7.16. The van der Waals surface area contributed by atoms with Gasteiger partial charge in [-0.25, -0.2) is 4.79 Å². The van der Waals surface area contributed by atoms with E-state index in [4.69, 9.17) is 5.73 Å². The van der Waals surface area contributed by atoms with Crippen LogP contribution in [0.3, 0.4) is 0 Å². The molecule has 0 saturated carbocycles. The molecule has 0 aromatic heterocycles. The van der Waals surface area contributed by atoms with Gasteiger partial charge in [-0.3, -0.25) is 0 Å². The number of hydrogen-bond acceptors (Lipinski definition) is 1. The van der Waals surface area contributed by atoms with Gasteiger partial charge in [0.15, 0.2) is 0 Å². The van der Waals surface area contributed by atoms with E-state index in [0.717, 1.165) is 5.56 Å². The number of amides is 2. The lowest BCUT2D eigenvalue weighted by Crippen LogP contribution is -2.28. The minimum atomic E-state index is -0.492. The number of nitrogens with one attached hydrogen (secondary N) is 1. The van der Waals surface area contributed by atoms with Crippen molar-refractivity contribution in [2.45, 2.75) is 20.4 Å². The van der Waals surface area contributed by atoms with Crippen molar-refractivity contribution in [3.63, 3.8) is 0 Å². The average molecular weight is 180 g/mol. The van der Waals surface area contributed by atoms with E-state index in [1.165, 1.54) is 0 Å². The van der Waals surface area contributed by atoms with Crippen LogP contribution in [0.5, 0.6) is 0 Å². The lowest BCUT2D eigenvalue weighted by molar-refractivity contribution is 0.248. The first kappa shape index (κ1) is 11.5. The van der Waals surface area contributed by atoms with Crippen molar-refractivity contribution in [1.82, 2.24) is 5.32 Å². The second-order valence-electron chi connectivity index (χ2n) is 2.20. The molecule has 3 heteroatoms. The molecule has 72 valence electrons. The summed E-state index contributed by atoms with van der Waals surface area (Å²) in [6, 6.07) is 9.12. The Hall–Kier alpha value is -1.51. The van der Waals surface area contributed by atoms with Crippen molar-refractivity contribution < 1.29 is 4.79 Å². The Balaban J connectivity index is 0.000000671. The maximum absolute atomic E-state index is 10.3. The third-order valence-corrected chi connectivity index (χ3v) is 1.31. The Morgan fingerprint density at radius 1 is 1.31 bits per heavy atom. The fourth-order valence-electron chi connectivity index (χ4n) is 0.785. The van der Waals surface area contributed by atoms with Gasteiger partial charge in [0.2, 0.25) is 0 Å². The van der Waals surface area contributed by atoms with Crippen molar-refractivity contribution in [1.29, 1.82) is 0 Å². The SMILES string of the molecule is CC.NC(=O)NCc1ccccc1. The summed E-state index contributed by atoms with van der Waals surface area (Å²) in [6.07, 6.45) is 0. The van der Waals surface area contributed by atoms with Gasteiger partial charge in [0.05, 0.1) is 0 Å². The molecule has 0 saturated heterocycles. The van der Waals surface area contributed by atoms with Crippen LogP contribution >= 0.6 is 0 Å². The Morgan fingerprint density at radius 2 is 1.85 bits per heavy atom. The minimum absolute atomic E-state index is 0.492. The van der Waals surface area contributed by atoms with E-state index in [1.54, 1.807) is 0 Å². The lowest BCUT2D eigenvalue weighted by Gasteiger charge is -1.99. The topological polar surface area (TPSA) is 55.1 Å². The molecule has 13 heavy (non-hydrogen) atoms. The molecule has 3 N–H and O–H groups in total. The van der Waals surface area contributed by atoms with E-state index in [1.807, 2.05) is 44.2 Å². The third-order valence-electron chi connectivity index (χ3n) is 1.31. The predicted molar refractivity (Wildman–Crippen MR) is 54.2 cm³/mol. The molecule has 3 nitrogen and oxygen atoms in total. The molecule has 1 rings (SSSR count). The maximum Gasteiger partial charge on any atom is 0.312 e. The summed E-state index contributed by atoms with van der Waals surface area (Å²) >= 11 is 0. The molecule has 0 radical (unpaired) electrons. The number of carbonyl (C=O) groups excluding carboxylic acids is 1. The van der Waals surface area contributed by atoms with Crippen molar-refractivity contribution in [2.75, 3.05) is 0 Å². The highest BCUT2D eigenvalue weighted by Gasteiger charge is 1.91. The highest BCUT2D eigenvalue weighted by Crippen LogP contribution is 1.96. The van der Waals surface area contributed by atoms with Gasteiger partial charge >= 0.3 is 6.03 Å². The van der Waals surface area contributed by atoms with E-state index >= 15 is 0 Å². The summed E-state index contributed by atoms with van der Waals surface area (Å²) < 4.78 is 0. The summed E-state index contributed by atoms with van der Waals surface area (Å²) in [4.78, 5) is 10.3. The molecule has 0 spiro atoms. The molecule has 0 heterocycles. The number of nitrogens with two attached hydrogens (primary N) is 1. The van der Waals surface area contributed by atoms with Crippen LogP contribution in [0.25, 0.3) is 0 Å². The number of carbonyl (C=O) groups is 1. The lowest BCUT2D eigenvalue weighted by atomic mass is 10.2. The van der Waals surface area contributed by atoms with Crippen molar-refractivity contribution in [2.24, 2.45) is 5.73 Å². The number of hydrogen-bond donors (Lipinski definition) is 2. The van der Waals surface area contributed by atoms with E-state index in [-0.39, 0.29) is 0 Å². The van der Waals surface area contributed by atoms with Gasteiger partial charge in [-0.05, 0) is 5.56 Å². The molecule has 1 aromatic carbocycles. The summed E-state index contributed by atoms with van der Waals surface area (Å²) in [5.74, 6) is 0. The molecule has 2 amide bonds. The Bertz CT molecular complexity index is 234. The van der Waals surface area contributed by atoms with Gasteiger partial charge < -0.3 is 11.1 Å². The highest BCUT2D eigenvalue weighted by atomic mass is 16.2. The zero-order chi connectivity index (χ0) is 10.1. The summed E-state index contributed by atoms with van der Waals surface area (Å²) in [5.41, 5.74) is 5.94. The molecule has 0 aliphatic heterocycles. The van der Waals surface area contributed by atoms with Crippen LogP contribution in [-0.2, 0) is 6.54 Å². The van der Waals surface area contributed by atoms with Crippen LogP contribution in [-0.4, -0.2) is 6.03 Å². The molecule has 1 aromatic rings. The molecular formula is C10H16N2O. The normalized spacial score (nSPS) is 8.15. The third kappa shape index (κ3) is 5.73. The largest absolute Gasteiger partial charge is 0.352 e. The standard InChI is InChI=1S/C8H10N2O.C2H6/c9-8(11)10-6-7-4-2-1-3-5-7;1-2/h1-5H,6H2,(H3,9,10,11);1-2H3. The number of urea groups is 1. The number of rotatable bonds is 2. The van der Waals surface area contributed by atoms with Crippen LogP contribution in [0.2, 0.25) is 0 Å². The number of primary amides is 1. The zero-order valence-corrected chi connectivity index (χ0v) is 8.08.